The molecular weight excluding hydrogens is 278 g/mol. The summed E-state index contributed by atoms with van der Waals surface area (Å²) in [6.07, 6.45) is 1.87. The standard InChI is InChI=1S/C22H17N/c1-3-9-17(10-4-1)21(18-11-5-2-6-12-18)20-15-7-13-19-14-8-16-23-22(19)20/h1-16,21H. The Labute approximate surface area is 136 Å². The van der Waals surface area contributed by atoms with Crippen LogP contribution in [0.3, 0.4) is 0 Å². The minimum Gasteiger partial charge on any atom is -0.256 e. The van der Waals surface area contributed by atoms with Gasteiger partial charge >= 0.3 is 0 Å². The molecule has 1 heterocycles. The van der Waals surface area contributed by atoms with Crippen LogP contribution in [0.2, 0.25) is 0 Å². The lowest BCUT2D eigenvalue weighted by atomic mass is 9.84. The van der Waals surface area contributed by atoms with Crippen molar-refractivity contribution in [2.24, 2.45) is 0 Å². The molecule has 0 saturated carbocycles. The Balaban J connectivity index is 1.98. The summed E-state index contributed by atoms with van der Waals surface area (Å²) in [5, 5.41) is 1.18. The first kappa shape index (κ1) is 13.7. The maximum Gasteiger partial charge on any atom is 0.0743 e. The monoisotopic (exact) mass is 295 g/mol. The highest BCUT2D eigenvalue weighted by Gasteiger charge is 2.19. The van der Waals surface area contributed by atoms with Gasteiger partial charge in [-0.05, 0) is 22.8 Å². The Morgan fingerprint density at radius 2 is 1.17 bits per heavy atom. The lowest BCUT2D eigenvalue weighted by Gasteiger charge is -2.20. The first-order chi connectivity index (χ1) is 11.4. The van der Waals surface area contributed by atoms with Crippen molar-refractivity contribution in [2.45, 2.75) is 5.92 Å². The molecule has 3 aromatic carbocycles. The van der Waals surface area contributed by atoms with Gasteiger partial charge in [-0.2, -0.15) is 0 Å². The van der Waals surface area contributed by atoms with Crippen molar-refractivity contribution in [3.63, 3.8) is 0 Å². The van der Waals surface area contributed by atoms with Crippen molar-refractivity contribution in [2.75, 3.05) is 0 Å². The first-order valence-corrected chi connectivity index (χ1v) is 7.87. The number of rotatable bonds is 3. The molecular formula is C22H17N. The summed E-state index contributed by atoms with van der Waals surface area (Å²) < 4.78 is 0. The molecule has 1 heteroatoms. The molecule has 0 saturated heterocycles. The second kappa shape index (κ2) is 6.05. The molecule has 0 atom stereocenters. The predicted molar refractivity (Wildman–Crippen MR) is 95.6 cm³/mol. The molecule has 4 aromatic rings. The number of fused-ring (bicyclic) bond motifs is 1. The van der Waals surface area contributed by atoms with Gasteiger partial charge < -0.3 is 0 Å². The fraction of sp³-hybridized carbons (Fsp3) is 0.0455. The third-order valence-electron chi connectivity index (χ3n) is 4.24. The normalized spacial score (nSPS) is 11.0. The van der Waals surface area contributed by atoms with Crippen LogP contribution in [0.1, 0.15) is 22.6 Å². The van der Waals surface area contributed by atoms with Crippen LogP contribution in [0.4, 0.5) is 0 Å². The van der Waals surface area contributed by atoms with Crippen LogP contribution in [0.5, 0.6) is 0 Å². The van der Waals surface area contributed by atoms with Gasteiger partial charge in [0, 0.05) is 17.5 Å². The average molecular weight is 295 g/mol. The molecule has 23 heavy (non-hydrogen) atoms. The van der Waals surface area contributed by atoms with Crippen LogP contribution in [-0.4, -0.2) is 4.98 Å². The van der Waals surface area contributed by atoms with E-state index in [-0.39, 0.29) is 5.92 Å². The highest BCUT2D eigenvalue weighted by molar-refractivity contribution is 5.83. The SMILES string of the molecule is c1ccc(C(c2ccccc2)c2cccc3cccnc23)cc1. The zero-order chi connectivity index (χ0) is 15.5. The van der Waals surface area contributed by atoms with Gasteiger partial charge in [-0.1, -0.05) is 84.9 Å². The summed E-state index contributed by atoms with van der Waals surface area (Å²) in [5.41, 5.74) is 4.90. The van der Waals surface area contributed by atoms with E-state index in [2.05, 4.69) is 89.9 Å². The molecule has 0 bridgehead atoms. The maximum absolute atomic E-state index is 4.65. The van der Waals surface area contributed by atoms with Crippen LogP contribution in [0, 0.1) is 0 Å². The molecule has 0 radical (unpaired) electrons. The van der Waals surface area contributed by atoms with Gasteiger partial charge in [0.15, 0.2) is 0 Å². The van der Waals surface area contributed by atoms with Crippen molar-refractivity contribution >= 4 is 10.9 Å². The number of pyridine rings is 1. The van der Waals surface area contributed by atoms with E-state index in [4.69, 9.17) is 0 Å². The molecule has 0 aliphatic rings. The topological polar surface area (TPSA) is 12.9 Å². The summed E-state index contributed by atoms with van der Waals surface area (Å²) in [5.74, 6) is 0.191. The van der Waals surface area contributed by atoms with Gasteiger partial charge in [-0.15, -0.1) is 0 Å². The summed E-state index contributed by atoms with van der Waals surface area (Å²) in [6, 6.07) is 31.9. The zero-order valence-electron chi connectivity index (χ0n) is 12.8. The van der Waals surface area contributed by atoms with Crippen molar-refractivity contribution in [3.8, 4) is 0 Å². The summed E-state index contributed by atoms with van der Waals surface area (Å²) in [7, 11) is 0. The van der Waals surface area contributed by atoms with Crippen molar-refractivity contribution in [1.82, 2.24) is 4.98 Å². The third kappa shape index (κ3) is 2.62. The second-order valence-electron chi connectivity index (χ2n) is 5.68. The molecule has 4 rings (SSSR count). The summed E-state index contributed by atoms with van der Waals surface area (Å²) in [4.78, 5) is 4.65. The minimum atomic E-state index is 0.191. The molecule has 0 N–H and O–H groups in total. The molecule has 0 fully saturated rings. The van der Waals surface area contributed by atoms with E-state index in [1.54, 1.807) is 0 Å². The fourth-order valence-electron chi connectivity index (χ4n) is 3.20. The van der Waals surface area contributed by atoms with Gasteiger partial charge in [-0.25, -0.2) is 0 Å². The summed E-state index contributed by atoms with van der Waals surface area (Å²) >= 11 is 0. The molecule has 110 valence electrons. The van der Waals surface area contributed by atoms with Crippen LogP contribution in [0.15, 0.2) is 97.2 Å². The highest BCUT2D eigenvalue weighted by atomic mass is 14.7. The molecule has 0 amide bonds. The predicted octanol–water partition coefficient (Wildman–Crippen LogP) is 5.42. The Morgan fingerprint density at radius 1 is 0.565 bits per heavy atom. The Morgan fingerprint density at radius 3 is 1.83 bits per heavy atom. The van der Waals surface area contributed by atoms with Gasteiger partial charge in [0.25, 0.3) is 0 Å². The van der Waals surface area contributed by atoms with E-state index in [9.17, 15) is 0 Å². The number of benzene rings is 3. The van der Waals surface area contributed by atoms with Gasteiger partial charge in [0.05, 0.1) is 5.52 Å². The Kier molecular flexibility index (Phi) is 3.61. The van der Waals surface area contributed by atoms with Crippen molar-refractivity contribution in [3.05, 3.63) is 114 Å². The van der Waals surface area contributed by atoms with E-state index in [1.165, 1.54) is 22.1 Å². The third-order valence-corrected chi connectivity index (χ3v) is 4.24. The van der Waals surface area contributed by atoms with Crippen molar-refractivity contribution in [1.29, 1.82) is 0 Å². The van der Waals surface area contributed by atoms with E-state index < -0.39 is 0 Å². The van der Waals surface area contributed by atoms with E-state index in [0.29, 0.717) is 0 Å². The second-order valence-corrected chi connectivity index (χ2v) is 5.68. The molecule has 0 spiro atoms. The molecule has 0 aliphatic heterocycles. The van der Waals surface area contributed by atoms with Gasteiger partial charge in [0.2, 0.25) is 0 Å². The highest BCUT2D eigenvalue weighted by Crippen LogP contribution is 2.35. The molecule has 0 aliphatic carbocycles. The van der Waals surface area contributed by atoms with E-state index in [1.807, 2.05) is 12.3 Å². The largest absolute Gasteiger partial charge is 0.256 e. The average Bonchev–Trinajstić information content (AvgIpc) is 2.64. The molecule has 1 nitrogen and oxygen atoms in total. The van der Waals surface area contributed by atoms with Crippen LogP contribution in [0.25, 0.3) is 10.9 Å². The van der Waals surface area contributed by atoms with Crippen LogP contribution >= 0.6 is 0 Å². The number of hydrogen-bond donors (Lipinski definition) is 0. The van der Waals surface area contributed by atoms with E-state index >= 15 is 0 Å². The first-order valence-electron chi connectivity index (χ1n) is 7.87. The fourth-order valence-corrected chi connectivity index (χ4v) is 3.20. The number of nitrogens with zero attached hydrogens (tertiary/aromatic N) is 1. The maximum atomic E-state index is 4.65. The lowest BCUT2D eigenvalue weighted by molar-refractivity contribution is 0.983. The number of aromatic nitrogens is 1. The summed E-state index contributed by atoms with van der Waals surface area (Å²) in [6.45, 7) is 0. The minimum absolute atomic E-state index is 0.191. The quantitative estimate of drug-likeness (QED) is 0.460. The van der Waals surface area contributed by atoms with Crippen LogP contribution in [-0.2, 0) is 0 Å². The van der Waals surface area contributed by atoms with E-state index in [0.717, 1.165) is 5.52 Å². The molecule has 1 aromatic heterocycles. The van der Waals surface area contributed by atoms with Gasteiger partial charge in [0.1, 0.15) is 0 Å². The van der Waals surface area contributed by atoms with Crippen molar-refractivity contribution < 1.29 is 0 Å². The smallest absolute Gasteiger partial charge is 0.0743 e. The zero-order valence-corrected chi connectivity index (χ0v) is 12.8. The lowest BCUT2D eigenvalue weighted by Crippen LogP contribution is -2.04. The Bertz CT molecular complexity index is 869. The number of para-hydroxylation sites is 1. The Hall–Kier alpha value is -2.93. The van der Waals surface area contributed by atoms with Crippen LogP contribution < -0.4 is 0 Å². The number of hydrogen-bond acceptors (Lipinski definition) is 1. The van der Waals surface area contributed by atoms with Gasteiger partial charge in [-0.3, -0.25) is 4.98 Å². The molecule has 0 unspecified atom stereocenters.